The summed E-state index contributed by atoms with van der Waals surface area (Å²) in [5.41, 5.74) is -0.599. The van der Waals surface area contributed by atoms with Gasteiger partial charge in [-0.25, -0.2) is 0 Å². The molecule has 96 valence electrons. The van der Waals surface area contributed by atoms with Crippen molar-refractivity contribution in [1.82, 2.24) is 10.2 Å². The number of hydrogen-bond acceptors (Lipinski definition) is 3. The maximum atomic E-state index is 10.1. The third-order valence-electron chi connectivity index (χ3n) is 3.98. The third kappa shape index (κ3) is 4.04. The third-order valence-corrected chi connectivity index (χ3v) is 3.98. The van der Waals surface area contributed by atoms with E-state index in [-0.39, 0.29) is 5.92 Å². The minimum absolute atomic E-state index is 0.288. The quantitative estimate of drug-likeness (QED) is 0.692. The molecular formula is C13H28N2O. The maximum absolute atomic E-state index is 10.1. The number of nitrogens with zero attached hydrogens (tertiary/aromatic N) is 1. The van der Waals surface area contributed by atoms with Gasteiger partial charge in [-0.05, 0) is 39.7 Å². The van der Waals surface area contributed by atoms with E-state index in [0.717, 1.165) is 12.6 Å². The van der Waals surface area contributed by atoms with Crippen molar-refractivity contribution in [2.24, 2.45) is 5.92 Å². The summed E-state index contributed by atoms with van der Waals surface area (Å²) >= 11 is 0. The fourth-order valence-electron chi connectivity index (χ4n) is 1.72. The zero-order valence-electron chi connectivity index (χ0n) is 11.5. The molecule has 0 amide bonds. The van der Waals surface area contributed by atoms with Crippen molar-refractivity contribution in [2.45, 2.75) is 58.2 Å². The van der Waals surface area contributed by atoms with Crippen LogP contribution >= 0.6 is 0 Å². The molecule has 0 aromatic rings. The fourth-order valence-corrected chi connectivity index (χ4v) is 1.72. The van der Waals surface area contributed by atoms with Crippen molar-refractivity contribution in [1.29, 1.82) is 0 Å². The predicted molar refractivity (Wildman–Crippen MR) is 68.6 cm³/mol. The number of likely N-dealkylation sites (N-methyl/N-ethyl adjacent to an activating group) is 1. The molecule has 0 bridgehead atoms. The van der Waals surface area contributed by atoms with Crippen LogP contribution in [0.1, 0.15) is 40.5 Å². The Labute approximate surface area is 100 Å². The van der Waals surface area contributed by atoms with Gasteiger partial charge in [0, 0.05) is 25.2 Å². The molecule has 0 spiro atoms. The summed E-state index contributed by atoms with van der Waals surface area (Å²) in [4.78, 5) is 2.44. The lowest BCUT2D eigenvalue weighted by Gasteiger charge is -2.30. The van der Waals surface area contributed by atoms with Gasteiger partial charge in [0.25, 0.3) is 0 Å². The molecule has 0 radical (unpaired) electrons. The highest BCUT2D eigenvalue weighted by Gasteiger charge is 2.29. The summed E-state index contributed by atoms with van der Waals surface area (Å²) in [5.74, 6) is 0.288. The summed E-state index contributed by atoms with van der Waals surface area (Å²) in [6, 6.07) is 1.36. The minimum Gasteiger partial charge on any atom is -0.389 e. The summed E-state index contributed by atoms with van der Waals surface area (Å²) < 4.78 is 0. The monoisotopic (exact) mass is 228 g/mol. The molecule has 1 rings (SSSR count). The molecule has 0 aromatic carbocycles. The highest BCUT2D eigenvalue weighted by Crippen LogP contribution is 2.26. The molecule has 2 unspecified atom stereocenters. The molecule has 2 atom stereocenters. The number of hydrogen-bond donors (Lipinski definition) is 2. The smallest absolute Gasteiger partial charge is 0.0766 e. The fraction of sp³-hybridized carbons (Fsp3) is 1.00. The first-order valence-electron chi connectivity index (χ1n) is 6.49. The lowest BCUT2D eigenvalue weighted by molar-refractivity contribution is 0.0131. The highest BCUT2D eigenvalue weighted by molar-refractivity contribution is 4.86. The van der Waals surface area contributed by atoms with Crippen LogP contribution in [-0.2, 0) is 0 Å². The van der Waals surface area contributed by atoms with Crippen LogP contribution in [0, 0.1) is 5.92 Å². The summed E-state index contributed by atoms with van der Waals surface area (Å²) in [5, 5.41) is 13.5. The van der Waals surface area contributed by atoms with E-state index in [0.29, 0.717) is 12.6 Å². The predicted octanol–water partition coefficient (Wildman–Crippen LogP) is 1.47. The largest absolute Gasteiger partial charge is 0.389 e. The van der Waals surface area contributed by atoms with Gasteiger partial charge in [0.2, 0.25) is 0 Å². The summed E-state index contributed by atoms with van der Waals surface area (Å²) in [6.45, 7) is 9.89. The standard InChI is InChI=1S/C13H28N2O/c1-10(2)13(4,16)9-14-8-11(3)15(5)12-6-7-12/h10-12,14,16H,6-9H2,1-5H3. The first-order chi connectivity index (χ1) is 7.34. The lowest BCUT2D eigenvalue weighted by Crippen LogP contribution is -2.46. The first kappa shape index (κ1) is 13.9. The Balaban J connectivity index is 2.19. The van der Waals surface area contributed by atoms with Gasteiger partial charge < -0.3 is 10.4 Å². The SMILES string of the molecule is CC(CNCC(C)(O)C(C)C)N(C)C1CC1. The van der Waals surface area contributed by atoms with Crippen LogP contribution in [-0.4, -0.2) is 47.8 Å². The van der Waals surface area contributed by atoms with Gasteiger partial charge >= 0.3 is 0 Å². The highest BCUT2D eigenvalue weighted by atomic mass is 16.3. The van der Waals surface area contributed by atoms with E-state index >= 15 is 0 Å². The molecule has 3 heteroatoms. The summed E-state index contributed by atoms with van der Waals surface area (Å²) in [6.07, 6.45) is 2.70. The van der Waals surface area contributed by atoms with Gasteiger partial charge in [-0.3, -0.25) is 4.90 Å². The normalized spacial score (nSPS) is 22.5. The average Bonchev–Trinajstić information content (AvgIpc) is 2.99. The Bertz CT molecular complexity index is 212. The van der Waals surface area contributed by atoms with Crippen LogP contribution < -0.4 is 5.32 Å². The zero-order chi connectivity index (χ0) is 12.3. The topological polar surface area (TPSA) is 35.5 Å². The van der Waals surface area contributed by atoms with Crippen molar-refractivity contribution in [3.8, 4) is 0 Å². The van der Waals surface area contributed by atoms with Crippen LogP contribution in [0.3, 0.4) is 0 Å². The van der Waals surface area contributed by atoms with Crippen LogP contribution in [0.4, 0.5) is 0 Å². The molecule has 3 nitrogen and oxygen atoms in total. The zero-order valence-corrected chi connectivity index (χ0v) is 11.5. The van der Waals surface area contributed by atoms with Crippen molar-refractivity contribution in [3.05, 3.63) is 0 Å². The van der Waals surface area contributed by atoms with E-state index in [1.807, 2.05) is 6.92 Å². The van der Waals surface area contributed by atoms with Gasteiger partial charge in [0.05, 0.1) is 5.60 Å². The second kappa shape index (κ2) is 5.48. The molecule has 1 aliphatic carbocycles. The molecule has 1 aliphatic rings. The van der Waals surface area contributed by atoms with E-state index in [1.165, 1.54) is 12.8 Å². The van der Waals surface area contributed by atoms with Crippen molar-refractivity contribution >= 4 is 0 Å². The molecule has 0 heterocycles. The molecular weight excluding hydrogens is 200 g/mol. The number of nitrogens with one attached hydrogen (secondary N) is 1. The molecule has 0 aliphatic heterocycles. The van der Waals surface area contributed by atoms with Crippen molar-refractivity contribution < 1.29 is 5.11 Å². The van der Waals surface area contributed by atoms with E-state index in [4.69, 9.17) is 0 Å². The second-order valence-electron chi connectivity index (χ2n) is 5.89. The van der Waals surface area contributed by atoms with Gasteiger partial charge in [-0.1, -0.05) is 13.8 Å². The molecule has 0 saturated heterocycles. The van der Waals surface area contributed by atoms with Crippen LogP contribution in [0.15, 0.2) is 0 Å². The van der Waals surface area contributed by atoms with Crippen molar-refractivity contribution in [2.75, 3.05) is 20.1 Å². The van der Waals surface area contributed by atoms with Crippen LogP contribution in [0.25, 0.3) is 0 Å². The summed E-state index contributed by atoms with van der Waals surface area (Å²) in [7, 11) is 2.20. The van der Waals surface area contributed by atoms with Crippen molar-refractivity contribution in [3.63, 3.8) is 0 Å². The maximum Gasteiger partial charge on any atom is 0.0766 e. The van der Waals surface area contributed by atoms with Gasteiger partial charge in [-0.2, -0.15) is 0 Å². The molecule has 0 aromatic heterocycles. The molecule has 16 heavy (non-hydrogen) atoms. The Morgan fingerprint density at radius 3 is 2.38 bits per heavy atom. The second-order valence-corrected chi connectivity index (χ2v) is 5.89. The van der Waals surface area contributed by atoms with E-state index in [1.54, 1.807) is 0 Å². The minimum atomic E-state index is -0.599. The number of rotatable bonds is 7. The van der Waals surface area contributed by atoms with Gasteiger partial charge in [0.15, 0.2) is 0 Å². The van der Waals surface area contributed by atoms with E-state index in [2.05, 4.69) is 38.0 Å². The number of aliphatic hydroxyl groups is 1. The lowest BCUT2D eigenvalue weighted by atomic mass is 9.92. The Hall–Kier alpha value is -0.120. The van der Waals surface area contributed by atoms with E-state index in [9.17, 15) is 5.11 Å². The molecule has 1 fully saturated rings. The van der Waals surface area contributed by atoms with E-state index < -0.39 is 5.60 Å². The van der Waals surface area contributed by atoms with Gasteiger partial charge in [0.1, 0.15) is 0 Å². The Kier molecular flexibility index (Phi) is 4.77. The molecule has 2 N–H and O–H groups in total. The Morgan fingerprint density at radius 1 is 1.38 bits per heavy atom. The van der Waals surface area contributed by atoms with Crippen LogP contribution in [0.2, 0.25) is 0 Å². The van der Waals surface area contributed by atoms with Crippen LogP contribution in [0.5, 0.6) is 0 Å². The Morgan fingerprint density at radius 2 is 1.94 bits per heavy atom. The molecule has 1 saturated carbocycles. The first-order valence-corrected chi connectivity index (χ1v) is 6.49. The van der Waals surface area contributed by atoms with Gasteiger partial charge in [-0.15, -0.1) is 0 Å². The average molecular weight is 228 g/mol.